The molecule has 110 valence electrons. The minimum Gasteiger partial charge on any atom is -0.370 e. The number of halogens is 3. The van der Waals surface area contributed by atoms with Crippen LogP contribution in [-0.4, -0.2) is 4.92 Å². The maximum atomic E-state index is 13.8. The lowest BCUT2D eigenvalue weighted by molar-refractivity contribution is -0.384. The minimum absolute atomic E-state index is 0.406. The highest BCUT2D eigenvalue weighted by molar-refractivity contribution is 14.1. The summed E-state index contributed by atoms with van der Waals surface area (Å²) in [6.45, 7) is 1.72. The fraction of sp³-hybridized carbons (Fsp3) is 0.143. The van der Waals surface area contributed by atoms with E-state index in [1.54, 1.807) is 6.92 Å². The Bertz CT molecular complexity index is 677. The lowest BCUT2D eigenvalue weighted by Crippen LogP contribution is -2.11. The molecule has 0 aliphatic carbocycles. The maximum Gasteiger partial charge on any atom is 0.295 e. The summed E-state index contributed by atoms with van der Waals surface area (Å²) in [5, 5.41) is 13.6. The Kier molecular flexibility index (Phi) is 4.71. The van der Waals surface area contributed by atoms with Gasteiger partial charge in [-0.3, -0.25) is 10.1 Å². The number of hydrogen-bond donors (Lipinski definition) is 1. The van der Waals surface area contributed by atoms with E-state index in [1.807, 2.05) is 24.3 Å². The van der Waals surface area contributed by atoms with Crippen molar-refractivity contribution in [1.29, 1.82) is 0 Å². The van der Waals surface area contributed by atoms with Gasteiger partial charge in [-0.05, 0) is 53.3 Å². The highest BCUT2D eigenvalue weighted by Crippen LogP contribution is 2.32. The van der Waals surface area contributed by atoms with Crippen LogP contribution >= 0.6 is 22.6 Å². The zero-order valence-electron chi connectivity index (χ0n) is 10.9. The van der Waals surface area contributed by atoms with E-state index < -0.39 is 34.0 Å². The van der Waals surface area contributed by atoms with Crippen molar-refractivity contribution in [2.75, 3.05) is 5.32 Å². The molecule has 0 radical (unpaired) electrons. The second kappa shape index (κ2) is 6.33. The lowest BCUT2D eigenvalue weighted by Gasteiger charge is -2.16. The predicted octanol–water partition coefficient (Wildman–Crippen LogP) is 4.65. The van der Waals surface area contributed by atoms with E-state index in [1.165, 1.54) is 0 Å². The molecular formula is C14H11F2IN2O2. The third-order valence-corrected chi connectivity index (χ3v) is 3.72. The second-order valence-electron chi connectivity index (χ2n) is 4.43. The van der Waals surface area contributed by atoms with Gasteiger partial charge in [0.25, 0.3) is 5.69 Å². The SMILES string of the molecule is CC(Nc1c([N+](=O)[O-])ccc(F)c1F)c1ccc(I)cc1. The van der Waals surface area contributed by atoms with Crippen molar-refractivity contribution in [3.63, 3.8) is 0 Å². The molecule has 0 saturated heterocycles. The van der Waals surface area contributed by atoms with Crippen LogP contribution in [0.4, 0.5) is 20.2 Å². The van der Waals surface area contributed by atoms with Crippen LogP contribution in [0.5, 0.6) is 0 Å². The number of nitrogens with zero attached hydrogens (tertiary/aromatic N) is 1. The van der Waals surface area contributed by atoms with Gasteiger partial charge in [0.1, 0.15) is 0 Å². The Labute approximate surface area is 133 Å². The molecule has 2 rings (SSSR count). The van der Waals surface area contributed by atoms with Crippen LogP contribution in [0.2, 0.25) is 0 Å². The third-order valence-electron chi connectivity index (χ3n) is 3.00. The summed E-state index contributed by atoms with van der Waals surface area (Å²) < 4.78 is 28.1. The first-order valence-corrected chi connectivity index (χ1v) is 7.12. The zero-order valence-corrected chi connectivity index (χ0v) is 13.1. The molecule has 0 amide bonds. The number of benzene rings is 2. The van der Waals surface area contributed by atoms with E-state index in [4.69, 9.17) is 0 Å². The number of nitro groups is 1. The Hall–Kier alpha value is -1.77. The molecule has 1 atom stereocenters. The van der Waals surface area contributed by atoms with Crippen LogP contribution in [0.15, 0.2) is 36.4 Å². The Balaban J connectivity index is 2.36. The topological polar surface area (TPSA) is 55.2 Å². The summed E-state index contributed by atoms with van der Waals surface area (Å²) in [5.41, 5.74) is -0.120. The van der Waals surface area contributed by atoms with Crippen LogP contribution in [0.3, 0.4) is 0 Å². The van der Waals surface area contributed by atoms with Gasteiger partial charge in [0.2, 0.25) is 0 Å². The fourth-order valence-electron chi connectivity index (χ4n) is 1.88. The summed E-state index contributed by atoms with van der Waals surface area (Å²) in [7, 11) is 0. The Morgan fingerprint density at radius 2 is 1.81 bits per heavy atom. The van der Waals surface area contributed by atoms with E-state index in [2.05, 4.69) is 27.9 Å². The van der Waals surface area contributed by atoms with E-state index in [0.717, 1.165) is 21.3 Å². The van der Waals surface area contributed by atoms with E-state index in [0.29, 0.717) is 0 Å². The number of nitrogens with one attached hydrogen (secondary N) is 1. The predicted molar refractivity (Wildman–Crippen MR) is 84.2 cm³/mol. The molecule has 7 heteroatoms. The zero-order chi connectivity index (χ0) is 15.6. The first-order valence-electron chi connectivity index (χ1n) is 6.04. The monoisotopic (exact) mass is 404 g/mol. The molecule has 2 aromatic carbocycles. The molecule has 1 N–H and O–H groups in total. The molecule has 0 bridgehead atoms. The number of rotatable bonds is 4. The summed E-state index contributed by atoms with van der Waals surface area (Å²) in [6.07, 6.45) is 0. The first kappa shape index (κ1) is 15.6. The van der Waals surface area contributed by atoms with Gasteiger partial charge in [-0.2, -0.15) is 0 Å². The molecule has 0 aromatic heterocycles. The van der Waals surface area contributed by atoms with Crippen LogP contribution < -0.4 is 5.32 Å². The van der Waals surface area contributed by atoms with Gasteiger partial charge in [-0.15, -0.1) is 0 Å². The van der Waals surface area contributed by atoms with Crippen molar-refractivity contribution in [2.45, 2.75) is 13.0 Å². The molecule has 4 nitrogen and oxygen atoms in total. The van der Waals surface area contributed by atoms with Gasteiger partial charge in [-0.25, -0.2) is 8.78 Å². The molecule has 0 heterocycles. The van der Waals surface area contributed by atoms with Gasteiger partial charge in [0.15, 0.2) is 17.3 Å². The molecule has 0 aliphatic heterocycles. The lowest BCUT2D eigenvalue weighted by atomic mass is 10.1. The van der Waals surface area contributed by atoms with Crippen LogP contribution in [0, 0.1) is 25.3 Å². The van der Waals surface area contributed by atoms with Crippen molar-refractivity contribution >= 4 is 34.0 Å². The van der Waals surface area contributed by atoms with Crippen LogP contribution in [-0.2, 0) is 0 Å². The van der Waals surface area contributed by atoms with Gasteiger partial charge < -0.3 is 5.32 Å². The largest absolute Gasteiger partial charge is 0.370 e. The standard InChI is InChI=1S/C14H11F2IN2O2/c1-8(9-2-4-10(17)5-3-9)18-14-12(19(20)21)7-6-11(15)13(14)16/h2-8,18H,1H3. The van der Waals surface area contributed by atoms with Crippen molar-refractivity contribution < 1.29 is 13.7 Å². The summed E-state index contributed by atoms with van der Waals surface area (Å²) >= 11 is 2.15. The number of hydrogen-bond acceptors (Lipinski definition) is 3. The molecule has 21 heavy (non-hydrogen) atoms. The molecule has 0 spiro atoms. The normalized spacial score (nSPS) is 12.0. The first-order chi connectivity index (χ1) is 9.90. The van der Waals surface area contributed by atoms with Gasteiger partial charge in [0, 0.05) is 15.7 Å². The van der Waals surface area contributed by atoms with E-state index >= 15 is 0 Å². The van der Waals surface area contributed by atoms with Gasteiger partial charge in [-0.1, -0.05) is 12.1 Å². The summed E-state index contributed by atoms with van der Waals surface area (Å²) in [5.74, 6) is -2.38. The minimum atomic E-state index is -1.25. The molecule has 0 fully saturated rings. The van der Waals surface area contributed by atoms with Crippen LogP contribution in [0.25, 0.3) is 0 Å². The van der Waals surface area contributed by atoms with Crippen molar-refractivity contribution in [3.05, 3.63) is 67.3 Å². The van der Waals surface area contributed by atoms with E-state index in [-0.39, 0.29) is 0 Å². The number of nitro benzene ring substituents is 1. The van der Waals surface area contributed by atoms with Crippen LogP contribution in [0.1, 0.15) is 18.5 Å². The van der Waals surface area contributed by atoms with E-state index in [9.17, 15) is 18.9 Å². The smallest absolute Gasteiger partial charge is 0.295 e. The fourth-order valence-corrected chi connectivity index (χ4v) is 2.24. The summed E-state index contributed by atoms with van der Waals surface area (Å²) in [6, 6.07) is 8.66. The Morgan fingerprint density at radius 3 is 2.38 bits per heavy atom. The Morgan fingerprint density at radius 1 is 1.19 bits per heavy atom. The van der Waals surface area contributed by atoms with Crippen molar-refractivity contribution in [2.24, 2.45) is 0 Å². The van der Waals surface area contributed by atoms with Crippen molar-refractivity contribution in [3.8, 4) is 0 Å². The average Bonchev–Trinajstić information content (AvgIpc) is 2.44. The molecular weight excluding hydrogens is 393 g/mol. The molecule has 1 unspecified atom stereocenters. The highest BCUT2D eigenvalue weighted by Gasteiger charge is 2.23. The van der Waals surface area contributed by atoms with Gasteiger partial charge in [0.05, 0.1) is 4.92 Å². The molecule has 0 saturated carbocycles. The molecule has 0 aliphatic rings. The quantitative estimate of drug-likeness (QED) is 0.459. The van der Waals surface area contributed by atoms with Gasteiger partial charge >= 0.3 is 0 Å². The number of anilines is 1. The molecule has 2 aromatic rings. The third kappa shape index (κ3) is 3.46. The maximum absolute atomic E-state index is 13.8. The summed E-state index contributed by atoms with van der Waals surface area (Å²) in [4.78, 5) is 10.2. The highest BCUT2D eigenvalue weighted by atomic mass is 127. The second-order valence-corrected chi connectivity index (χ2v) is 5.68. The van der Waals surface area contributed by atoms with Crippen molar-refractivity contribution in [1.82, 2.24) is 0 Å². The average molecular weight is 404 g/mol.